The fourth-order valence-electron chi connectivity index (χ4n) is 4.93. The van der Waals surface area contributed by atoms with E-state index in [9.17, 15) is 13.6 Å². The second-order valence-electron chi connectivity index (χ2n) is 8.48. The van der Waals surface area contributed by atoms with Crippen LogP contribution in [0.4, 0.5) is 25.0 Å². The van der Waals surface area contributed by atoms with Crippen LogP contribution in [-0.4, -0.2) is 40.3 Å². The third-order valence-electron chi connectivity index (χ3n) is 6.48. The lowest BCUT2D eigenvalue weighted by atomic mass is 9.83. The number of nitrogens with one attached hydrogen (secondary N) is 3. The summed E-state index contributed by atoms with van der Waals surface area (Å²) < 4.78 is 26.4. The normalized spacial score (nSPS) is 21.6. The maximum absolute atomic E-state index is 13.4. The maximum atomic E-state index is 13.4. The first kappa shape index (κ1) is 19.9. The largest absolute Gasteiger partial charge is 0.323 e. The molecule has 3 heterocycles. The van der Waals surface area contributed by atoms with Crippen LogP contribution in [0.25, 0.3) is 10.9 Å². The highest BCUT2D eigenvalue weighted by atomic mass is 19.2. The monoisotopic (exact) mass is 425 g/mol. The van der Waals surface area contributed by atoms with Gasteiger partial charge < -0.3 is 15.5 Å². The first-order valence-corrected chi connectivity index (χ1v) is 10.8. The van der Waals surface area contributed by atoms with Crippen molar-refractivity contribution < 1.29 is 13.6 Å². The van der Waals surface area contributed by atoms with E-state index in [0.717, 1.165) is 48.1 Å². The number of piperidine rings is 2. The lowest BCUT2D eigenvalue weighted by Crippen LogP contribution is -2.44. The summed E-state index contributed by atoms with van der Waals surface area (Å²) in [5.74, 6) is -1.56. The molecular weight excluding hydrogens is 400 g/mol. The fourth-order valence-corrected chi connectivity index (χ4v) is 4.93. The third-order valence-corrected chi connectivity index (χ3v) is 6.48. The Hall–Kier alpha value is -3.00. The van der Waals surface area contributed by atoms with Crippen molar-refractivity contribution in [2.24, 2.45) is 0 Å². The number of halogens is 2. The number of aromatic amines is 1. The van der Waals surface area contributed by atoms with Gasteiger partial charge in [0.05, 0.1) is 11.2 Å². The highest BCUT2D eigenvalue weighted by Gasteiger charge is 2.32. The predicted molar refractivity (Wildman–Crippen MR) is 116 cm³/mol. The number of carbonyl (C=O) groups is 1. The van der Waals surface area contributed by atoms with E-state index in [2.05, 4.69) is 25.7 Å². The summed E-state index contributed by atoms with van der Waals surface area (Å²) in [6.45, 7) is 2.32. The molecule has 1 aromatic heterocycles. The Morgan fingerprint density at radius 2 is 1.81 bits per heavy atom. The Morgan fingerprint density at radius 3 is 2.65 bits per heavy atom. The SMILES string of the molecule is O=C(Nc1ccc(F)c(F)c1)Nc1ccc2[nH]nc(C3CCN4CCCCC4C3)c2c1. The molecule has 2 fully saturated rings. The Morgan fingerprint density at radius 1 is 1.00 bits per heavy atom. The summed E-state index contributed by atoms with van der Waals surface area (Å²) in [6, 6.07) is 8.97. The van der Waals surface area contributed by atoms with E-state index in [4.69, 9.17) is 0 Å². The first-order chi connectivity index (χ1) is 15.1. The van der Waals surface area contributed by atoms with Gasteiger partial charge in [0.25, 0.3) is 0 Å². The molecule has 2 amide bonds. The van der Waals surface area contributed by atoms with Crippen LogP contribution in [0, 0.1) is 11.6 Å². The van der Waals surface area contributed by atoms with Crippen LogP contribution in [0.5, 0.6) is 0 Å². The molecule has 2 saturated heterocycles. The minimum atomic E-state index is -1.01. The van der Waals surface area contributed by atoms with Crippen LogP contribution in [0.2, 0.25) is 0 Å². The van der Waals surface area contributed by atoms with E-state index >= 15 is 0 Å². The van der Waals surface area contributed by atoms with Gasteiger partial charge in [-0.05, 0) is 69.1 Å². The number of H-pyrrole nitrogens is 1. The maximum Gasteiger partial charge on any atom is 0.323 e. The summed E-state index contributed by atoms with van der Waals surface area (Å²) in [4.78, 5) is 14.9. The quantitative estimate of drug-likeness (QED) is 0.539. The topological polar surface area (TPSA) is 73.0 Å². The first-order valence-electron chi connectivity index (χ1n) is 10.8. The minimum absolute atomic E-state index is 0.181. The van der Waals surface area contributed by atoms with Gasteiger partial charge in [0, 0.05) is 34.8 Å². The van der Waals surface area contributed by atoms with Gasteiger partial charge in [0.2, 0.25) is 0 Å². The van der Waals surface area contributed by atoms with Gasteiger partial charge in [-0.3, -0.25) is 5.10 Å². The third kappa shape index (κ3) is 4.12. The fraction of sp³-hybridized carbons (Fsp3) is 0.391. The summed E-state index contributed by atoms with van der Waals surface area (Å²) in [6.07, 6.45) is 6.07. The van der Waals surface area contributed by atoms with Gasteiger partial charge in [0.15, 0.2) is 11.6 Å². The summed E-state index contributed by atoms with van der Waals surface area (Å²) in [7, 11) is 0. The molecule has 31 heavy (non-hydrogen) atoms. The second-order valence-corrected chi connectivity index (χ2v) is 8.48. The van der Waals surface area contributed by atoms with Gasteiger partial charge in [0.1, 0.15) is 0 Å². The molecule has 2 atom stereocenters. The zero-order chi connectivity index (χ0) is 21.4. The molecule has 0 spiro atoms. The molecule has 3 aromatic rings. The molecule has 0 aliphatic carbocycles. The number of nitrogens with zero attached hydrogens (tertiary/aromatic N) is 2. The molecule has 2 aliphatic rings. The molecule has 3 N–H and O–H groups in total. The minimum Gasteiger partial charge on any atom is -0.308 e. The van der Waals surface area contributed by atoms with Crippen molar-refractivity contribution in [1.29, 1.82) is 0 Å². The highest BCUT2D eigenvalue weighted by Crippen LogP contribution is 2.37. The van der Waals surface area contributed by atoms with Crippen LogP contribution in [-0.2, 0) is 0 Å². The molecule has 6 nitrogen and oxygen atoms in total. The molecule has 5 rings (SSSR count). The number of carbonyl (C=O) groups excluding carboxylic acids is 1. The number of hydrogen-bond donors (Lipinski definition) is 3. The average Bonchev–Trinajstić information content (AvgIpc) is 3.19. The number of aromatic nitrogens is 2. The average molecular weight is 425 g/mol. The summed E-state index contributed by atoms with van der Waals surface area (Å²) in [5, 5.41) is 14.0. The van der Waals surface area contributed by atoms with E-state index in [1.165, 1.54) is 31.9 Å². The lowest BCUT2D eigenvalue weighted by molar-refractivity contribution is 0.0968. The van der Waals surface area contributed by atoms with Gasteiger partial charge in [-0.25, -0.2) is 13.6 Å². The number of amides is 2. The van der Waals surface area contributed by atoms with Gasteiger partial charge in [-0.2, -0.15) is 5.10 Å². The van der Waals surface area contributed by atoms with Crippen molar-refractivity contribution in [2.75, 3.05) is 23.7 Å². The molecule has 2 aliphatic heterocycles. The molecule has 0 saturated carbocycles. The number of anilines is 2. The zero-order valence-corrected chi connectivity index (χ0v) is 17.1. The zero-order valence-electron chi connectivity index (χ0n) is 17.1. The highest BCUT2D eigenvalue weighted by molar-refractivity contribution is 6.01. The van der Waals surface area contributed by atoms with Crippen molar-refractivity contribution in [1.82, 2.24) is 15.1 Å². The molecule has 8 heteroatoms. The number of urea groups is 1. The van der Waals surface area contributed by atoms with E-state index in [0.29, 0.717) is 17.6 Å². The number of rotatable bonds is 3. The molecule has 0 radical (unpaired) electrons. The number of hydrogen-bond acceptors (Lipinski definition) is 3. The summed E-state index contributed by atoms with van der Waals surface area (Å²) in [5.41, 5.74) is 2.79. The van der Waals surface area contributed by atoms with E-state index in [1.54, 1.807) is 6.07 Å². The van der Waals surface area contributed by atoms with Crippen LogP contribution in [0.3, 0.4) is 0 Å². The Bertz CT molecular complexity index is 1110. The number of benzene rings is 2. The van der Waals surface area contributed by atoms with E-state index in [-0.39, 0.29) is 5.69 Å². The molecule has 0 bridgehead atoms. The van der Waals surface area contributed by atoms with Crippen molar-refractivity contribution >= 4 is 28.3 Å². The van der Waals surface area contributed by atoms with E-state index < -0.39 is 17.7 Å². The lowest BCUT2D eigenvalue weighted by Gasteiger charge is -2.42. The predicted octanol–water partition coefficient (Wildman–Crippen LogP) is 5.22. The van der Waals surface area contributed by atoms with Crippen molar-refractivity contribution in [3.05, 3.63) is 53.7 Å². The Labute approximate surface area is 179 Å². The molecule has 2 aromatic carbocycles. The van der Waals surface area contributed by atoms with Crippen molar-refractivity contribution in [3.8, 4) is 0 Å². The van der Waals surface area contributed by atoms with Gasteiger partial charge in [-0.1, -0.05) is 6.42 Å². The van der Waals surface area contributed by atoms with Gasteiger partial charge in [-0.15, -0.1) is 0 Å². The Kier molecular flexibility index (Phi) is 5.31. The molecular formula is C23H25F2N5O. The Balaban J connectivity index is 1.31. The van der Waals surface area contributed by atoms with Crippen molar-refractivity contribution in [3.63, 3.8) is 0 Å². The smallest absolute Gasteiger partial charge is 0.308 e. The van der Waals surface area contributed by atoms with Crippen LogP contribution in [0.1, 0.15) is 43.7 Å². The van der Waals surface area contributed by atoms with Crippen LogP contribution < -0.4 is 10.6 Å². The summed E-state index contributed by atoms with van der Waals surface area (Å²) >= 11 is 0. The van der Waals surface area contributed by atoms with Crippen LogP contribution >= 0.6 is 0 Å². The van der Waals surface area contributed by atoms with E-state index in [1.807, 2.05) is 12.1 Å². The number of fused-ring (bicyclic) bond motifs is 2. The molecule has 2 unspecified atom stereocenters. The molecule has 162 valence electrons. The van der Waals surface area contributed by atoms with Crippen LogP contribution in [0.15, 0.2) is 36.4 Å². The van der Waals surface area contributed by atoms with Gasteiger partial charge >= 0.3 is 6.03 Å². The van der Waals surface area contributed by atoms with Crippen molar-refractivity contribution in [2.45, 2.75) is 44.1 Å². The standard InChI is InChI=1S/C23H25F2N5O/c24-19-6-4-16(13-20(19)25)27-23(31)26-15-5-7-21-18(12-15)22(29-28-21)14-8-10-30-9-2-1-3-17(30)11-14/h4-7,12-14,17H,1-3,8-11H2,(H,28,29)(H2,26,27,31). The second kappa shape index (κ2) is 8.26.